The van der Waals surface area contributed by atoms with Crippen LogP contribution in [0.5, 0.6) is 0 Å². The van der Waals surface area contributed by atoms with Crippen molar-refractivity contribution in [1.82, 2.24) is 20.0 Å². The van der Waals surface area contributed by atoms with Crippen molar-refractivity contribution in [3.05, 3.63) is 52.8 Å². The van der Waals surface area contributed by atoms with Crippen LogP contribution in [0.2, 0.25) is 0 Å². The van der Waals surface area contributed by atoms with Crippen LogP contribution in [0.15, 0.2) is 30.3 Å². The van der Waals surface area contributed by atoms with Crippen molar-refractivity contribution in [2.45, 2.75) is 40.0 Å². The summed E-state index contributed by atoms with van der Waals surface area (Å²) in [4.78, 5) is 14.1. The normalized spacial score (nSPS) is 18.7. The Kier molecular flexibility index (Phi) is 3.98. The first-order valence-corrected chi connectivity index (χ1v) is 7.71. The van der Waals surface area contributed by atoms with E-state index in [4.69, 9.17) is 0 Å². The Morgan fingerprint density at radius 1 is 1.27 bits per heavy atom. The van der Waals surface area contributed by atoms with Gasteiger partial charge in [-0.2, -0.15) is 5.10 Å². The molecule has 0 spiro atoms. The maximum atomic E-state index is 11.9. The highest BCUT2D eigenvalue weighted by molar-refractivity contribution is 5.80. The zero-order valence-corrected chi connectivity index (χ0v) is 13.3. The first kappa shape index (κ1) is 14.8. The van der Waals surface area contributed by atoms with E-state index in [-0.39, 0.29) is 12.1 Å². The minimum Gasteiger partial charge on any atom is -0.335 e. The maximum Gasteiger partial charge on any atom is 0.235 e. The van der Waals surface area contributed by atoms with Gasteiger partial charge < -0.3 is 5.32 Å². The average Bonchev–Trinajstić information content (AvgIpc) is 2.99. The Morgan fingerprint density at radius 3 is 2.64 bits per heavy atom. The van der Waals surface area contributed by atoms with E-state index in [0.29, 0.717) is 6.54 Å². The molecule has 1 N–H and O–H groups in total. The molecule has 0 aliphatic carbocycles. The summed E-state index contributed by atoms with van der Waals surface area (Å²) in [7, 11) is 0. The molecule has 1 aliphatic heterocycles. The molecule has 2 aromatic rings. The Bertz CT molecular complexity index is 677. The van der Waals surface area contributed by atoms with Crippen molar-refractivity contribution in [3.63, 3.8) is 0 Å². The Morgan fingerprint density at radius 2 is 2.00 bits per heavy atom. The molecular formula is C17H22N4O. The van der Waals surface area contributed by atoms with Gasteiger partial charge in [-0.1, -0.05) is 30.3 Å². The molecule has 1 aliphatic rings. The molecule has 2 heterocycles. The van der Waals surface area contributed by atoms with Crippen molar-refractivity contribution in [3.8, 4) is 0 Å². The second-order valence-corrected chi connectivity index (χ2v) is 5.76. The van der Waals surface area contributed by atoms with Crippen LogP contribution in [0.4, 0.5) is 0 Å². The molecule has 0 saturated carbocycles. The average molecular weight is 298 g/mol. The zero-order valence-electron chi connectivity index (χ0n) is 13.3. The summed E-state index contributed by atoms with van der Waals surface area (Å²) in [5.74, 6) is 0.0731. The lowest BCUT2D eigenvalue weighted by atomic mass is 10.1. The number of hydrogen-bond acceptors (Lipinski definition) is 3. The van der Waals surface area contributed by atoms with Gasteiger partial charge in [0.25, 0.3) is 0 Å². The van der Waals surface area contributed by atoms with Crippen molar-refractivity contribution in [2.75, 3.05) is 6.54 Å². The fourth-order valence-corrected chi connectivity index (χ4v) is 3.20. The lowest BCUT2D eigenvalue weighted by Crippen LogP contribution is -2.28. The second-order valence-electron chi connectivity index (χ2n) is 5.76. The van der Waals surface area contributed by atoms with Crippen LogP contribution in [0.3, 0.4) is 0 Å². The summed E-state index contributed by atoms with van der Waals surface area (Å²) in [6, 6.07) is 10.3. The molecule has 116 valence electrons. The van der Waals surface area contributed by atoms with E-state index in [2.05, 4.69) is 41.3 Å². The molecule has 1 fully saturated rings. The van der Waals surface area contributed by atoms with E-state index >= 15 is 0 Å². The van der Waals surface area contributed by atoms with Gasteiger partial charge in [-0.25, -0.2) is 0 Å². The van der Waals surface area contributed by atoms with Gasteiger partial charge in [0.2, 0.25) is 5.91 Å². The summed E-state index contributed by atoms with van der Waals surface area (Å²) in [5.41, 5.74) is 4.46. The predicted molar refractivity (Wildman–Crippen MR) is 85.1 cm³/mol. The SMILES string of the molecule is CCn1nc(C)c([C@@H]2NC(=O)CN2Cc2ccccc2)c1C. The second kappa shape index (κ2) is 5.93. The molecule has 0 unspecified atom stereocenters. The van der Waals surface area contributed by atoms with Gasteiger partial charge in [-0.15, -0.1) is 0 Å². The van der Waals surface area contributed by atoms with Crippen molar-refractivity contribution in [1.29, 1.82) is 0 Å². The molecule has 1 aromatic heterocycles. The molecule has 0 radical (unpaired) electrons. The van der Waals surface area contributed by atoms with Gasteiger partial charge in [0.15, 0.2) is 0 Å². The largest absolute Gasteiger partial charge is 0.335 e. The highest BCUT2D eigenvalue weighted by Gasteiger charge is 2.34. The number of aromatic nitrogens is 2. The van der Waals surface area contributed by atoms with Crippen LogP contribution < -0.4 is 5.32 Å². The lowest BCUT2D eigenvalue weighted by Gasteiger charge is -2.23. The topological polar surface area (TPSA) is 50.2 Å². The van der Waals surface area contributed by atoms with Crippen LogP contribution in [-0.2, 0) is 17.9 Å². The highest BCUT2D eigenvalue weighted by Crippen LogP contribution is 2.29. The summed E-state index contributed by atoms with van der Waals surface area (Å²) in [6.45, 7) is 8.18. The van der Waals surface area contributed by atoms with Gasteiger partial charge in [-0.3, -0.25) is 14.4 Å². The molecular weight excluding hydrogens is 276 g/mol. The van der Waals surface area contributed by atoms with E-state index in [0.717, 1.165) is 30.0 Å². The fourth-order valence-electron chi connectivity index (χ4n) is 3.20. The van der Waals surface area contributed by atoms with E-state index in [1.807, 2.05) is 29.8 Å². The molecule has 5 heteroatoms. The molecule has 1 amide bonds. The van der Waals surface area contributed by atoms with Crippen molar-refractivity contribution < 1.29 is 4.79 Å². The third-order valence-corrected chi connectivity index (χ3v) is 4.25. The fraction of sp³-hybridized carbons (Fsp3) is 0.412. The number of aryl methyl sites for hydroxylation is 2. The quantitative estimate of drug-likeness (QED) is 0.941. The smallest absolute Gasteiger partial charge is 0.235 e. The number of nitrogens with zero attached hydrogens (tertiary/aromatic N) is 3. The monoisotopic (exact) mass is 298 g/mol. The molecule has 22 heavy (non-hydrogen) atoms. The number of benzene rings is 1. The van der Waals surface area contributed by atoms with Crippen LogP contribution in [0.25, 0.3) is 0 Å². The zero-order chi connectivity index (χ0) is 15.7. The highest BCUT2D eigenvalue weighted by atomic mass is 16.2. The Hall–Kier alpha value is -2.14. The van der Waals surface area contributed by atoms with E-state index in [9.17, 15) is 4.79 Å². The molecule has 5 nitrogen and oxygen atoms in total. The third kappa shape index (κ3) is 2.64. The van der Waals surface area contributed by atoms with Gasteiger partial charge in [0, 0.05) is 24.3 Å². The molecule has 1 saturated heterocycles. The minimum atomic E-state index is -0.0898. The van der Waals surface area contributed by atoms with Crippen molar-refractivity contribution >= 4 is 5.91 Å². The first-order chi connectivity index (χ1) is 10.6. The van der Waals surface area contributed by atoms with Crippen LogP contribution in [0.1, 0.15) is 35.6 Å². The molecule has 1 atom stereocenters. The predicted octanol–water partition coefficient (Wildman–Crippen LogP) is 2.15. The van der Waals surface area contributed by atoms with E-state index in [1.54, 1.807) is 0 Å². The van der Waals surface area contributed by atoms with E-state index in [1.165, 1.54) is 5.56 Å². The summed E-state index contributed by atoms with van der Waals surface area (Å²) in [5, 5.41) is 7.67. The summed E-state index contributed by atoms with van der Waals surface area (Å²) < 4.78 is 2.00. The number of rotatable bonds is 4. The third-order valence-electron chi connectivity index (χ3n) is 4.25. The summed E-state index contributed by atoms with van der Waals surface area (Å²) in [6.07, 6.45) is -0.0898. The lowest BCUT2D eigenvalue weighted by molar-refractivity contribution is -0.118. The number of nitrogens with one attached hydrogen (secondary N) is 1. The molecule has 3 rings (SSSR count). The van der Waals surface area contributed by atoms with Crippen molar-refractivity contribution in [2.24, 2.45) is 0 Å². The number of amides is 1. The maximum absolute atomic E-state index is 11.9. The number of hydrogen-bond donors (Lipinski definition) is 1. The van der Waals surface area contributed by atoms with Gasteiger partial charge >= 0.3 is 0 Å². The standard InChI is InChI=1S/C17H22N4O/c1-4-21-13(3)16(12(2)19-21)17-18-15(22)11-20(17)10-14-8-6-5-7-9-14/h5-9,17H,4,10-11H2,1-3H3,(H,18,22)/t17-/m1/s1. The minimum absolute atomic E-state index is 0.0731. The number of carbonyl (C=O) groups excluding carboxylic acids is 1. The molecule has 1 aromatic carbocycles. The number of carbonyl (C=O) groups is 1. The first-order valence-electron chi connectivity index (χ1n) is 7.71. The van der Waals surface area contributed by atoms with Gasteiger partial charge in [0.1, 0.15) is 6.17 Å². The Labute approximate surface area is 130 Å². The molecule has 0 bridgehead atoms. The van der Waals surface area contributed by atoms with Crippen LogP contribution >= 0.6 is 0 Å². The van der Waals surface area contributed by atoms with Crippen LogP contribution in [-0.4, -0.2) is 27.1 Å². The van der Waals surface area contributed by atoms with E-state index < -0.39 is 0 Å². The Balaban J connectivity index is 1.91. The van der Waals surface area contributed by atoms with Gasteiger partial charge in [-0.05, 0) is 26.3 Å². The summed E-state index contributed by atoms with van der Waals surface area (Å²) >= 11 is 0. The van der Waals surface area contributed by atoms with Crippen LogP contribution in [0, 0.1) is 13.8 Å². The van der Waals surface area contributed by atoms with Gasteiger partial charge in [0.05, 0.1) is 12.2 Å².